The van der Waals surface area contributed by atoms with E-state index in [-0.39, 0.29) is 51.5 Å². The molecule has 1 aromatic rings. The average Bonchev–Trinajstić information content (AvgIpc) is 3.06. The van der Waals surface area contributed by atoms with Gasteiger partial charge in [-0.15, -0.1) is 0 Å². The molecule has 3 rings (SSSR count). The van der Waals surface area contributed by atoms with Crippen molar-refractivity contribution in [3.8, 4) is 0 Å². The Morgan fingerprint density at radius 3 is 2.79 bits per heavy atom. The number of amides is 2. The maximum Gasteiger partial charge on any atom is 0.414 e. The highest BCUT2D eigenvalue weighted by Gasteiger charge is 2.35. The van der Waals surface area contributed by atoms with E-state index in [0.717, 1.165) is 0 Å². The lowest BCUT2D eigenvalue weighted by molar-refractivity contribution is -0.119. The summed E-state index contributed by atoms with van der Waals surface area (Å²) in [6, 6.07) is 4.41. The highest BCUT2D eigenvalue weighted by atomic mass is 19.1. The summed E-state index contributed by atoms with van der Waals surface area (Å²) >= 11 is 0. The molecule has 1 N–H and O–H groups in total. The topological polar surface area (TPSA) is 111 Å². The molecular weight excluding hydrogens is 386 g/mol. The number of cyclic esters (lactones) is 1. The lowest BCUT2D eigenvalue weighted by Crippen LogP contribution is -2.43. The summed E-state index contributed by atoms with van der Waals surface area (Å²) in [5.74, 6) is -0.754. The summed E-state index contributed by atoms with van der Waals surface area (Å²) in [6.45, 7) is 2.11. The van der Waals surface area contributed by atoms with Crippen LogP contribution < -0.4 is 15.1 Å². The number of rotatable bonds is 6. The number of carbonyl (C=O) groups is 2. The second kappa shape index (κ2) is 8.52. The molecule has 1 atom stereocenters. The van der Waals surface area contributed by atoms with Crippen molar-refractivity contribution >= 4 is 23.4 Å². The molecule has 29 heavy (non-hydrogen) atoms. The van der Waals surface area contributed by atoms with Gasteiger partial charge in [0.1, 0.15) is 17.6 Å². The molecule has 2 aliphatic rings. The molecule has 2 heterocycles. The minimum atomic E-state index is -1.57. The van der Waals surface area contributed by atoms with Gasteiger partial charge in [0, 0.05) is 24.9 Å². The van der Waals surface area contributed by atoms with E-state index in [0.29, 0.717) is 11.4 Å². The van der Waals surface area contributed by atoms with Crippen LogP contribution in [-0.4, -0.2) is 56.5 Å². The van der Waals surface area contributed by atoms with Crippen LogP contribution in [0.3, 0.4) is 0 Å². The Kier molecular flexibility index (Phi) is 6.07. The second-order valence-corrected chi connectivity index (χ2v) is 7.22. The Morgan fingerprint density at radius 1 is 1.45 bits per heavy atom. The molecule has 11 heteroatoms. The zero-order valence-electron chi connectivity index (χ0n) is 16.0. The van der Waals surface area contributed by atoms with Crippen molar-refractivity contribution in [2.24, 2.45) is 5.11 Å². The van der Waals surface area contributed by atoms with Gasteiger partial charge in [-0.2, -0.15) is 0 Å². The first-order valence-corrected chi connectivity index (χ1v) is 9.28. The molecule has 0 unspecified atom stereocenters. The van der Waals surface area contributed by atoms with E-state index in [1.54, 1.807) is 17.0 Å². The zero-order valence-corrected chi connectivity index (χ0v) is 16.0. The molecule has 0 radical (unpaired) electrons. The Hall–Kier alpha value is -3.07. The first-order valence-electron chi connectivity index (χ1n) is 9.28. The number of ether oxygens (including phenoxy) is 1. The average molecular weight is 408 g/mol. The molecule has 1 aromatic carbocycles. The number of piperidine rings is 1. The summed E-state index contributed by atoms with van der Waals surface area (Å²) in [5, 5.41) is 5.90. The fraction of sp³-hybridized carbons (Fsp3) is 0.556. The van der Waals surface area contributed by atoms with Crippen molar-refractivity contribution in [3.63, 3.8) is 0 Å². The van der Waals surface area contributed by atoms with E-state index in [1.807, 2.05) is 0 Å². The van der Waals surface area contributed by atoms with Gasteiger partial charge in [0.05, 0.1) is 31.0 Å². The normalized spacial score (nSPS) is 20.8. The summed E-state index contributed by atoms with van der Waals surface area (Å²) in [6.07, 6.45) is -0.844. The van der Waals surface area contributed by atoms with Crippen molar-refractivity contribution < 1.29 is 23.1 Å². The fourth-order valence-electron chi connectivity index (χ4n) is 3.48. The SMILES string of the molecule is CC(=O)NC[C@H]1CN(c2ccc(N3CCC(F)(CN=[N+]=[N-])CC3)c(F)c2)C(=O)O1. The van der Waals surface area contributed by atoms with Crippen molar-refractivity contribution in [2.45, 2.75) is 31.5 Å². The molecule has 156 valence electrons. The molecule has 2 aliphatic heterocycles. The lowest BCUT2D eigenvalue weighted by Gasteiger charge is -2.37. The number of anilines is 2. The van der Waals surface area contributed by atoms with Crippen molar-refractivity contribution in [3.05, 3.63) is 34.5 Å². The van der Waals surface area contributed by atoms with Gasteiger partial charge in [-0.05, 0) is 36.6 Å². The van der Waals surface area contributed by atoms with Crippen molar-refractivity contribution in [1.82, 2.24) is 5.32 Å². The smallest absolute Gasteiger partial charge is 0.414 e. The van der Waals surface area contributed by atoms with Gasteiger partial charge in [0.2, 0.25) is 5.91 Å². The van der Waals surface area contributed by atoms with Crippen LogP contribution >= 0.6 is 0 Å². The number of azide groups is 1. The third kappa shape index (κ3) is 4.86. The third-order valence-corrected chi connectivity index (χ3v) is 5.11. The van der Waals surface area contributed by atoms with E-state index in [2.05, 4.69) is 15.3 Å². The van der Waals surface area contributed by atoms with Crippen LogP contribution in [0.5, 0.6) is 0 Å². The van der Waals surface area contributed by atoms with Crippen LogP contribution in [0.4, 0.5) is 25.0 Å². The highest BCUT2D eigenvalue weighted by molar-refractivity contribution is 5.90. The minimum absolute atomic E-state index is 0.135. The van der Waals surface area contributed by atoms with Crippen LogP contribution in [-0.2, 0) is 9.53 Å². The van der Waals surface area contributed by atoms with Gasteiger partial charge in [0.25, 0.3) is 0 Å². The molecule has 0 saturated carbocycles. The van der Waals surface area contributed by atoms with Crippen molar-refractivity contribution in [2.75, 3.05) is 42.5 Å². The van der Waals surface area contributed by atoms with Gasteiger partial charge >= 0.3 is 6.09 Å². The fourth-order valence-corrected chi connectivity index (χ4v) is 3.48. The molecule has 9 nitrogen and oxygen atoms in total. The highest BCUT2D eigenvalue weighted by Crippen LogP contribution is 2.33. The van der Waals surface area contributed by atoms with Crippen LogP contribution in [0.1, 0.15) is 19.8 Å². The minimum Gasteiger partial charge on any atom is -0.442 e. The summed E-state index contributed by atoms with van der Waals surface area (Å²) in [5.41, 5.74) is 7.46. The van der Waals surface area contributed by atoms with E-state index >= 15 is 0 Å². The van der Waals surface area contributed by atoms with Gasteiger partial charge in [-0.1, -0.05) is 5.11 Å². The number of hydrogen-bond acceptors (Lipinski definition) is 5. The number of benzene rings is 1. The zero-order chi connectivity index (χ0) is 21.0. The standard InChI is InChI=1S/C18H22F2N6O3/c1-12(27)22-9-14-10-26(17(28)29-14)13-2-3-16(15(19)8-13)25-6-4-18(20,5-7-25)11-23-24-21/h2-3,8,14H,4-7,9-11H2,1H3,(H,22,27)/t14-/m0/s1. The third-order valence-electron chi connectivity index (χ3n) is 5.11. The number of carbonyl (C=O) groups excluding carboxylic acids is 2. The number of nitrogens with zero attached hydrogens (tertiary/aromatic N) is 5. The van der Waals surface area contributed by atoms with E-state index in [4.69, 9.17) is 10.3 Å². The number of alkyl halides is 1. The molecule has 0 spiro atoms. The van der Waals surface area contributed by atoms with Gasteiger partial charge in [0.15, 0.2) is 0 Å². The van der Waals surface area contributed by atoms with E-state index in [9.17, 15) is 18.4 Å². The maximum absolute atomic E-state index is 14.7. The molecule has 2 saturated heterocycles. The Balaban J connectivity index is 1.64. The van der Waals surface area contributed by atoms with Gasteiger partial charge < -0.3 is 15.0 Å². The monoisotopic (exact) mass is 408 g/mol. The maximum atomic E-state index is 14.7. The van der Waals surface area contributed by atoms with Crippen molar-refractivity contribution in [1.29, 1.82) is 0 Å². The van der Waals surface area contributed by atoms with Gasteiger partial charge in [-0.25, -0.2) is 13.6 Å². The van der Waals surface area contributed by atoms with E-state index < -0.39 is 23.7 Å². The largest absolute Gasteiger partial charge is 0.442 e. The van der Waals surface area contributed by atoms with Crippen LogP contribution in [0, 0.1) is 5.82 Å². The first-order chi connectivity index (χ1) is 13.8. The number of hydrogen-bond donors (Lipinski definition) is 1. The quantitative estimate of drug-likeness (QED) is 0.443. The van der Waals surface area contributed by atoms with E-state index in [1.165, 1.54) is 17.9 Å². The van der Waals surface area contributed by atoms with Crippen LogP contribution in [0.25, 0.3) is 10.4 Å². The Morgan fingerprint density at radius 2 is 2.17 bits per heavy atom. The Labute approximate surface area is 166 Å². The first kappa shape index (κ1) is 20.7. The predicted octanol–water partition coefficient (Wildman–Crippen LogP) is 2.91. The lowest BCUT2D eigenvalue weighted by atomic mass is 9.93. The molecule has 0 bridgehead atoms. The Bertz CT molecular complexity index is 837. The molecule has 0 aromatic heterocycles. The second-order valence-electron chi connectivity index (χ2n) is 7.22. The summed E-state index contributed by atoms with van der Waals surface area (Å²) < 4.78 is 34.4. The molecule has 2 fully saturated rings. The van der Waals surface area contributed by atoms with Crippen LogP contribution in [0.15, 0.2) is 23.3 Å². The van der Waals surface area contributed by atoms with Crippen LogP contribution in [0.2, 0.25) is 0 Å². The number of halogens is 2. The summed E-state index contributed by atoms with van der Waals surface area (Å²) in [7, 11) is 0. The van der Waals surface area contributed by atoms with Gasteiger partial charge in [-0.3, -0.25) is 9.69 Å². The summed E-state index contributed by atoms with van der Waals surface area (Å²) in [4.78, 5) is 28.7. The molecule has 0 aliphatic carbocycles. The number of nitrogens with one attached hydrogen (secondary N) is 1. The molecule has 2 amide bonds. The predicted molar refractivity (Wildman–Crippen MR) is 102 cm³/mol. The molecular formula is C18H22F2N6O3.